The number of hydrogen-bond donors (Lipinski definition) is 2. The van der Waals surface area contributed by atoms with E-state index in [0.717, 1.165) is 0 Å². The molecule has 144 valence electrons. The highest BCUT2D eigenvalue weighted by molar-refractivity contribution is 7.81. The van der Waals surface area contributed by atoms with Gasteiger partial charge in [0.15, 0.2) is 0 Å². The van der Waals surface area contributed by atoms with Crippen LogP contribution in [0.5, 0.6) is 0 Å². The van der Waals surface area contributed by atoms with Crippen molar-refractivity contribution in [2.45, 2.75) is 26.7 Å². The smallest absolute Gasteiger partial charge is 0.315 e. The van der Waals surface area contributed by atoms with Crippen LogP contribution in [-0.4, -0.2) is 61.8 Å². The largest absolute Gasteiger partial charge is 0.465 e. The first-order chi connectivity index (χ1) is 11.8. The molecule has 0 aliphatic carbocycles. The van der Waals surface area contributed by atoms with E-state index in [9.17, 15) is 19.2 Å². The molecule has 0 rings (SSSR count). The summed E-state index contributed by atoms with van der Waals surface area (Å²) in [5, 5.41) is 0. The molecule has 0 atom stereocenters. The normalized spacial score (nSPS) is 10.7. The van der Waals surface area contributed by atoms with Crippen LogP contribution >= 0.6 is 25.3 Å². The highest BCUT2D eigenvalue weighted by Gasteiger charge is 2.37. The maximum atomic E-state index is 11.5. The van der Waals surface area contributed by atoms with E-state index in [2.05, 4.69) is 25.3 Å². The van der Waals surface area contributed by atoms with Gasteiger partial charge in [-0.1, -0.05) is 13.8 Å². The lowest BCUT2D eigenvalue weighted by Gasteiger charge is -2.31. The SMILES string of the molecule is CCC(=O)OCC(COC(=O)CC)(COC(=O)CS)COC(=O)CS. The summed E-state index contributed by atoms with van der Waals surface area (Å²) in [5.74, 6) is -2.53. The lowest BCUT2D eigenvalue weighted by Crippen LogP contribution is -2.44. The van der Waals surface area contributed by atoms with Gasteiger partial charge in [0.05, 0.1) is 11.5 Å². The Hall–Kier alpha value is -1.42. The Morgan fingerprint density at radius 2 is 0.920 bits per heavy atom. The Kier molecular flexibility index (Phi) is 12.1. The lowest BCUT2D eigenvalue weighted by atomic mass is 9.92. The van der Waals surface area contributed by atoms with Crippen LogP contribution in [0.2, 0.25) is 0 Å². The van der Waals surface area contributed by atoms with Crippen molar-refractivity contribution >= 4 is 49.1 Å². The Balaban J connectivity index is 5.24. The van der Waals surface area contributed by atoms with Crippen molar-refractivity contribution in [3.63, 3.8) is 0 Å². The fourth-order valence-corrected chi connectivity index (χ4v) is 1.66. The zero-order chi connectivity index (χ0) is 19.3. The summed E-state index contributed by atoms with van der Waals surface area (Å²) < 4.78 is 20.3. The Morgan fingerprint density at radius 1 is 0.640 bits per heavy atom. The number of ether oxygens (including phenoxy) is 4. The van der Waals surface area contributed by atoms with Gasteiger partial charge in [-0.3, -0.25) is 19.2 Å². The van der Waals surface area contributed by atoms with Crippen LogP contribution < -0.4 is 0 Å². The predicted octanol–water partition coefficient (Wildman–Crippen LogP) is 0.825. The molecule has 0 aliphatic rings. The van der Waals surface area contributed by atoms with E-state index in [-0.39, 0.29) is 50.8 Å². The van der Waals surface area contributed by atoms with Crippen LogP contribution in [0.25, 0.3) is 0 Å². The van der Waals surface area contributed by atoms with E-state index in [1.807, 2.05) is 0 Å². The number of carbonyl (C=O) groups is 4. The summed E-state index contributed by atoms with van der Waals surface area (Å²) in [5.41, 5.74) is -1.22. The van der Waals surface area contributed by atoms with E-state index in [0.29, 0.717) is 0 Å². The molecule has 0 heterocycles. The molecule has 0 amide bonds. The molecule has 0 aliphatic heterocycles. The van der Waals surface area contributed by atoms with Gasteiger partial charge in [-0.2, -0.15) is 25.3 Å². The third-order valence-corrected chi connectivity index (χ3v) is 3.51. The molecule has 0 saturated heterocycles. The molecule has 0 aromatic rings. The first-order valence-electron chi connectivity index (χ1n) is 7.66. The molecule has 0 aromatic carbocycles. The minimum Gasteiger partial charge on any atom is -0.465 e. The summed E-state index contributed by atoms with van der Waals surface area (Å²) in [7, 11) is 0. The molecule has 0 saturated carbocycles. The summed E-state index contributed by atoms with van der Waals surface area (Å²) in [4.78, 5) is 45.8. The van der Waals surface area contributed by atoms with Gasteiger partial charge in [-0.05, 0) is 0 Å². The van der Waals surface area contributed by atoms with Gasteiger partial charge >= 0.3 is 23.9 Å². The van der Waals surface area contributed by atoms with Crippen LogP contribution in [0.15, 0.2) is 0 Å². The molecule has 25 heavy (non-hydrogen) atoms. The maximum Gasteiger partial charge on any atom is 0.315 e. The summed E-state index contributed by atoms with van der Waals surface area (Å²) >= 11 is 7.61. The topological polar surface area (TPSA) is 105 Å². The highest BCUT2D eigenvalue weighted by atomic mass is 32.1. The summed E-state index contributed by atoms with van der Waals surface area (Å²) in [6.45, 7) is 2.17. The van der Waals surface area contributed by atoms with Crippen LogP contribution in [0.1, 0.15) is 26.7 Å². The predicted molar refractivity (Wildman–Crippen MR) is 94.6 cm³/mol. The first-order valence-corrected chi connectivity index (χ1v) is 8.93. The molecule has 8 nitrogen and oxygen atoms in total. The zero-order valence-electron chi connectivity index (χ0n) is 14.3. The third-order valence-electron chi connectivity index (χ3n) is 2.99. The van der Waals surface area contributed by atoms with Crippen molar-refractivity contribution in [3.05, 3.63) is 0 Å². The lowest BCUT2D eigenvalue weighted by molar-refractivity contribution is -0.168. The number of esters is 4. The number of thiol groups is 2. The van der Waals surface area contributed by atoms with Crippen LogP contribution in [0.3, 0.4) is 0 Å². The minimum atomic E-state index is -1.22. The molecular weight excluding hydrogens is 372 g/mol. The molecular formula is C15H24O8S2. The van der Waals surface area contributed by atoms with Gasteiger partial charge in [-0.15, -0.1) is 0 Å². The number of rotatable bonds is 12. The summed E-state index contributed by atoms with van der Waals surface area (Å²) in [6, 6.07) is 0. The third kappa shape index (κ3) is 10.2. The molecule has 0 bridgehead atoms. The fraction of sp³-hybridized carbons (Fsp3) is 0.733. The van der Waals surface area contributed by atoms with Crippen molar-refractivity contribution < 1.29 is 38.1 Å². The van der Waals surface area contributed by atoms with Crippen molar-refractivity contribution in [3.8, 4) is 0 Å². The fourth-order valence-electron chi connectivity index (χ4n) is 1.48. The first kappa shape index (κ1) is 23.6. The van der Waals surface area contributed by atoms with Gasteiger partial charge in [0, 0.05) is 12.8 Å². The highest BCUT2D eigenvalue weighted by Crippen LogP contribution is 2.22. The molecule has 0 unspecified atom stereocenters. The molecule has 10 heteroatoms. The van der Waals surface area contributed by atoms with E-state index in [4.69, 9.17) is 18.9 Å². The second-order valence-electron chi connectivity index (χ2n) is 5.17. The van der Waals surface area contributed by atoms with Crippen molar-refractivity contribution in [1.82, 2.24) is 0 Å². The van der Waals surface area contributed by atoms with Crippen molar-refractivity contribution in [1.29, 1.82) is 0 Å². The Morgan fingerprint density at radius 3 is 1.16 bits per heavy atom. The van der Waals surface area contributed by atoms with E-state index in [1.165, 1.54) is 0 Å². The summed E-state index contributed by atoms with van der Waals surface area (Å²) in [6.07, 6.45) is 0.273. The maximum absolute atomic E-state index is 11.5. The van der Waals surface area contributed by atoms with E-state index in [1.54, 1.807) is 13.8 Å². The number of carbonyl (C=O) groups excluding carboxylic acids is 4. The van der Waals surface area contributed by atoms with E-state index < -0.39 is 29.3 Å². The average Bonchev–Trinajstić information content (AvgIpc) is 2.65. The molecule has 0 radical (unpaired) electrons. The second kappa shape index (κ2) is 12.9. The van der Waals surface area contributed by atoms with Gasteiger partial charge < -0.3 is 18.9 Å². The Bertz CT molecular complexity index is 381. The average molecular weight is 396 g/mol. The van der Waals surface area contributed by atoms with Gasteiger partial charge in [-0.25, -0.2) is 0 Å². The van der Waals surface area contributed by atoms with Crippen LogP contribution in [0.4, 0.5) is 0 Å². The monoisotopic (exact) mass is 396 g/mol. The molecule has 0 aromatic heterocycles. The zero-order valence-corrected chi connectivity index (χ0v) is 16.1. The standard InChI is InChI=1S/C15H24O8S2/c1-3-11(16)20-7-15(8-21-12(17)4-2,9-22-13(18)5-24)10-23-14(19)6-25/h24-25H,3-10H2,1-2H3. The van der Waals surface area contributed by atoms with Crippen molar-refractivity contribution in [2.75, 3.05) is 37.9 Å². The quantitative estimate of drug-likeness (QED) is 0.284. The van der Waals surface area contributed by atoms with Crippen LogP contribution in [-0.2, 0) is 38.1 Å². The second-order valence-corrected chi connectivity index (χ2v) is 5.80. The molecule has 0 spiro atoms. The Labute approximate surface area is 157 Å². The van der Waals surface area contributed by atoms with Gasteiger partial charge in [0.25, 0.3) is 0 Å². The van der Waals surface area contributed by atoms with E-state index >= 15 is 0 Å². The van der Waals surface area contributed by atoms with Gasteiger partial charge in [0.1, 0.15) is 31.8 Å². The van der Waals surface area contributed by atoms with Crippen molar-refractivity contribution in [2.24, 2.45) is 5.41 Å². The molecule has 0 fully saturated rings. The van der Waals surface area contributed by atoms with Crippen LogP contribution in [0, 0.1) is 5.41 Å². The number of hydrogen-bond acceptors (Lipinski definition) is 10. The minimum absolute atomic E-state index is 0.137. The van der Waals surface area contributed by atoms with Gasteiger partial charge in [0.2, 0.25) is 0 Å². The molecule has 0 N–H and O–H groups in total.